The molecule has 85 valence electrons. The van der Waals surface area contributed by atoms with Gasteiger partial charge in [0.1, 0.15) is 5.82 Å². The predicted molar refractivity (Wildman–Crippen MR) is 61.4 cm³/mol. The first kappa shape index (κ1) is 11.1. The van der Waals surface area contributed by atoms with Crippen molar-refractivity contribution in [1.29, 1.82) is 0 Å². The van der Waals surface area contributed by atoms with Gasteiger partial charge >= 0.3 is 0 Å². The van der Waals surface area contributed by atoms with Gasteiger partial charge in [-0.05, 0) is 25.0 Å². The molecular weight excluding hydrogens is 204 g/mol. The molecule has 0 aliphatic carbocycles. The van der Waals surface area contributed by atoms with Crippen molar-refractivity contribution >= 4 is 11.6 Å². The van der Waals surface area contributed by atoms with Crippen LogP contribution < -0.4 is 4.90 Å². The molecular formula is C12H15N2O2. The van der Waals surface area contributed by atoms with E-state index in [0.29, 0.717) is 5.56 Å². The van der Waals surface area contributed by atoms with Crippen LogP contribution in [-0.2, 0) is 0 Å². The summed E-state index contributed by atoms with van der Waals surface area (Å²) in [7, 11) is 0. The molecule has 0 atom stereocenters. The second kappa shape index (κ2) is 4.61. The number of piperidine rings is 1. The Balaban J connectivity index is 2.07. The zero-order valence-corrected chi connectivity index (χ0v) is 9.09. The summed E-state index contributed by atoms with van der Waals surface area (Å²) in [5.41, 5.74) is 0.529. The first-order chi connectivity index (χ1) is 7.66. The molecule has 1 aliphatic rings. The van der Waals surface area contributed by atoms with E-state index in [0.717, 1.165) is 31.7 Å². The first-order valence-corrected chi connectivity index (χ1v) is 5.42. The fourth-order valence-electron chi connectivity index (χ4n) is 1.83. The van der Waals surface area contributed by atoms with Crippen molar-refractivity contribution in [1.82, 2.24) is 4.98 Å². The molecule has 0 amide bonds. The zero-order valence-electron chi connectivity index (χ0n) is 9.09. The average molecular weight is 219 g/mol. The predicted octanol–water partition coefficient (Wildman–Crippen LogP) is 1.06. The lowest BCUT2D eigenvalue weighted by atomic mass is 10.1. The second-order valence-electron chi connectivity index (χ2n) is 4.05. The van der Waals surface area contributed by atoms with Gasteiger partial charge in [-0.1, -0.05) is 0 Å². The smallest absolute Gasteiger partial charge is 0.164 e. The van der Waals surface area contributed by atoms with Crippen molar-refractivity contribution in [2.45, 2.75) is 18.9 Å². The minimum absolute atomic E-state index is 0.183. The van der Waals surface area contributed by atoms with Gasteiger partial charge in [0.15, 0.2) is 5.78 Å². The van der Waals surface area contributed by atoms with E-state index >= 15 is 0 Å². The topological polar surface area (TPSA) is 53.4 Å². The molecule has 16 heavy (non-hydrogen) atoms. The van der Waals surface area contributed by atoms with Crippen LogP contribution in [0.5, 0.6) is 0 Å². The molecule has 0 bridgehead atoms. The Bertz CT molecular complexity index is 367. The molecule has 1 fully saturated rings. The Kier molecular flexibility index (Phi) is 3.19. The van der Waals surface area contributed by atoms with Crippen LogP contribution in [0.4, 0.5) is 5.82 Å². The molecule has 1 aliphatic heterocycles. The maximum absolute atomic E-state index is 11.0. The van der Waals surface area contributed by atoms with Gasteiger partial charge in [0.2, 0.25) is 0 Å². The molecule has 4 heteroatoms. The number of Topliss-reactive ketones (excluding diaryl/α,β-unsaturated/α-hetero) is 1. The number of pyridine rings is 1. The van der Waals surface area contributed by atoms with Crippen LogP contribution in [0.15, 0.2) is 18.3 Å². The molecule has 4 nitrogen and oxygen atoms in total. The van der Waals surface area contributed by atoms with Crippen LogP contribution in [0.3, 0.4) is 0 Å². The van der Waals surface area contributed by atoms with E-state index in [2.05, 4.69) is 16.8 Å². The molecule has 1 saturated heterocycles. The molecule has 0 saturated carbocycles. The molecule has 1 N–H and O–H groups in total. The maximum Gasteiger partial charge on any atom is 0.164 e. The number of anilines is 1. The van der Waals surface area contributed by atoms with E-state index in [-0.39, 0.29) is 11.9 Å². The van der Waals surface area contributed by atoms with Crippen LogP contribution >= 0.6 is 0 Å². The molecule has 1 aromatic rings. The zero-order chi connectivity index (χ0) is 11.5. The largest absolute Gasteiger partial charge is 0.393 e. The standard InChI is InChI=1S/C12H15N2O2/c1-9(15)10-2-3-12(13-8-10)14-6-4-11(16)5-7-14/h2-3,8,11,16H,1,4-7H2. The number of aliphatic hydroxyl groups excluding tert-OH is 1. The highest BCUT2D eigenvalue weighted by Gasteiger charge is 2.17. The van der Waals surface area contributed by atoms with Crippen LogP contribution in [0.2, 0.25) is 0 Å². The average Bonchev–Trinajstić information content (AvgIpc) is 2.30. The van der Waals surface area contributed by atoms with E-state index in [1.807, 2.05) is 6.07 Å². The first-order valence-electron chi connectivity index (χ1n) is 5.42. The highest BCUT2D eigenvalue weighted by atomic mass is 16.3. The number of aliphatic hydroxyl groups is 1. The second-order valence-corrected chi connectivity index (χ2v) is 4.05. The molecule has 2 heterocycles. The van der Waals surface area contributed by atoms with Crippen molar-refractivity contribution in [3.8, 4) is 0 Å². The van der Waals surface area contributed by atoms with E-state index < -0.39 is 0 Å². The Labute approximate surface area is 94.9 Å². The summed E-state index contributed by atoms with van der Waals surface area (Å²) in [4.78, 5) is 17.3. The third-order valence-electron chi connectivity index (χ3n) is 2.86. The van der Waals surface area contributed by atoms with Crippen LogP contribution in [0, 0.1) is 6.92 Å². The number of carbonyl (C=O) groups excluding carboxylic acids is 1. The number of rotatable bonds is 2. The Morgan fingerprint density at radius 1 is 1.44 bits per heavy atom. The van der Waals surface area contributed by atoms with Crippen LogP contribution in [-0.4, -0.2) is 35.1 Å². The maximum atomic E-state index is 11.0. The van der Waals surface area contributed by atoms with Gasteiger partial charge in [0.25, 0.3) is 0 Å². The van der Waals surface area contributed by atoms with Gasteiger partial charge in [-0.3, -0.25) is 4.79 Å². The Morgan fingerprint density at radius 2 is 2.12 bits per heavy atom. The summed E-state index contributed by atoms with van der Waals surface area (Å²) in [6, 6.07) is 3.57. The minimum atomic E-state index is -0.215. The summed E-state index contributed by atoms with van der Waals surface area (Å²) in [5, 5.41) is 9.39. The van der Waals surface area contributed by atoms with Crippen molar-refractivity contribution < 1.29 is 9.90 Å². The van der Waals surface area contributed by atoms with Gasteiger partial charge in [0.05, 0.1) is 6.10 Å². The lowest BCUT2D eigenvalue weighted by molar-refractivity contribution is 0.104. The third-order valence-corrected chi connectivity index (χ3v) is 2.86. The molecule has 0 aromatic carbocycles. The number of hydrogen-bond acceptors (Lipinski definition) is 4. The fourth-order valence-corrected chi connectivity index (χ4v) is 1.83. The number of carbonyl (C=O) groups is 1. The van der Waals surface area contributed by atoms with Crippen LogP contribution in [0.25, 0.3) is 0 Å². The summed E-state index contributed by atoms with van der Waals surface area (Å²) < 4.78 is 0. The Hall–Kier alpha value is -1.42. The quantitative estimate of drug-likeness (QED) is 0.756. The lowest BCUT2D eigenvalue weighted by Gasteiger charge is -2.30. The monoisotopic (exact) mass is 219 g/mol. The summed E-state index contributed by atoms with van der Waals surface area (Å²) in [6.07, 6.45) is 2.92. The number of aromatic nitrogens is 1. The van der Waals surface area contributed by atoms with Gasteiger partial charge in [-0.15, -0.1) is 0 Å². The van der Waals surface area contributed by atoms with Crippen LogP contribution in [0.1, 0.15) is 23.2 Å². The normalized spacial score (nSPS) is 17.5. The fraction of sp³-hybridized carbons (Fsp3) is 0.417. The molecule has 1 radical (unpaired) electrons. The van der Waals surface area contributed by atoms with E-state index in [9.17, 15) is 9.90 Å². The molecule has 0 spiro atoms. The van der Waals surface area contributed by atoms with Gasteiger partial charge < -0.3 is 10.0 Å². The summed E-state index contributed by atoms with van der Waals surface area (Å²) in [6.45, 7) is 4.96. The third kappa shape index (κ3) is 2.39. The van der Waals surface area contributed by atoms with Gasteiger partial charge in [-0.2, -0.15) is 0 Å². The number of ketones is 1. The van der Waals surface area contributed by atoms with E-state index in [1.54, 1.807) is 12.3 Å². The van der Waals surface area contributed by atoms with Crippen molar-refractivity contribution in [3.63, 3.8) is 0 Å². The number of hydrogen-bond donors (Lipinski definition) is 1. The summed E-state index contributed by atoms with van der Waals surface area (Å²) >= 11 is 0. The molecule has 1 aromatic heterocycles. The Morgan fingerprint density at radius 3 is 2.62 bits per heavy atom. The van der Waals surface area contributed by atoms with Crippen molar-refractivity contribution in [3.05, 3.63) is 30.8 Å². The van der Waals surface area contributed by atoms with Gasteiger partial charge in [-0.25, -0.2) is 4.98 Å². The lowest BCUT2D eigenvalue weighted by Crippen LogP contribution is -2.36. The molecule has 0 unspecified atom stereocenters. The molecule has 2 rings (SSSR count). The minimum Gasteiger partial charge on any atom is -0.393 e. The van der Waals surface area contributed by atoms with Crippen molar-refractivity contribution in [2.75, 3.05) is 18.0 Å². The SMILES string of the molecule is [CH2]C(=O)c1ccc(N2CCC(O)CC2)nc1. The van der Waals surface area contributed by atoms with Gasteiger partial charge in [0, 0.05) is 31.8 Å². The highest BCUT2D eigenvalue weighted by Crippen LogP contribution is 2.17. The van der Waals surface area contributed by atoms with E-state index in [4.69, 9.17) is 0 Å². The van der Waals surface area contributed by atoms with Crippen molar-refractivity contribution in [2.24, 2.45) is 0 Å². The number of nitrogens with zero attached hydrogens (tertiary/aromatic N) is 2. The summed E-state index contributed by atoms with van der Waals surface area (Å²) in [5.74, 6) is 0.644. The van der Waals surface area contributed by atoms with E-state index in [1.165, 1.54) is 0 Å². The highest BCUT2D eigenvalue weighted by molar-refractivity contribution is 5.99.